The maximum Gasteiger partial charge on any atom is 0.407 e. The van der Waals surface area contributed by atoms with Crippen molar-refractivity contribution in [3.05, 3.63) is 48.3 Å². The molecule has 7 nitrogen and oxygen atoms in total. The van der Waals surface area contributed by atoms with Crippen molar-refractivity contribution < 1.29 is 19.0 Å². The Labute approximate surface area is 167 Å². The summed E-state index contributed by atoms with van der Waals surface area (Å²) < 4.78 is 18.9. The lowest BCUT2D eigenvalue weighted by atomic mass is 10.1. The third-order valence-electron chi connectivity index (χ3n) is 4.87. The molecule has 0 radical (unpaired) electrons. The van der Waals surface area contributed by atoms with Crippen molar-refractivity contribution in [3.63, 3.8) is 0 Å². The summed E-state index contributed by atoms with van der Waals surface area (Å²) in [6, 6.07) is 11.1. The van der Waals surface area contributed by atoms with E-state index in [0.29, 0.717) is 54.2 Å². The van der Waals surface area contributed by atoms with Crippen molar-refractivity contribution in [3.8, 4) is 17.1 Å². The monoisotopic (exact) mass is 396 g/mol. The van der Waals surface area contributed by atoms with Crippen molar-refractivity contribution in [1.29, 1.82) is 0 Å². The van der Waals surface area contributed by atoms with Gasteiger partial charge in [0.25, 0.3) is 0 Å². The van der Waals surface area contributed by atoms with Gasteiger partial charge in [0.1, 0.15) is 17.4 Å². The second kappa shape index (κ2) is 7.90. The summed E-state index contributed by atoms with van der Waals surface area (Å²) in [5.74, 6) is 0.626. The van der Waals surface area contributed by atoms with Crippen LogP contribution in [0.4, 0.5) is 15.0 Å². The second-order valence-corrected chi connectivity index (χ2v) is 6.85. The smallest absolute Gasteiger partial charge is 0.407 e. The molecule has 1 aromatic heterocycles. The molecular formula is C21H21FN4O3. The van der Waals surface area contributed by atoms with Gasteiger partial charge in [0.15, 0.2) is 5.82 Å². The third-order valence-corrected chi connectivity index (χ3v) is 4.87. The molecule has 0 bridgehead atoms. The molecule has 1 aliphatic rings. The van der Waals surface area contributed by atoms with Crippen molar-refractivity contribution in [2.24, 2.45) is 0 Å². The van der Waals surface area contributed by atoms with E-state index in [-0.39, 0.29) is 17.6 Å². The average Bonchev–Trinajstić information content (AvgIpc) is 3.16. The SMILES string of the molecule is CCOC(=O)N[C@@H]1CCN(c2nc(-c3ccccc3O)nc3ccc(F)cc23)C1. The molecule has 1 saturated heterocycles. The largest absolute Gasteiger partial charge is 0.507 e. The molecule has 1 aliphatic heterocycles. The molecule has 0 saturated carbocycles. The number of carbonyl (C=O) groups is 1. The zero-order valence-corrected chi connectivity index (χ0v) is 15.9. The number of aromatic hydroxyl groups is 1. The highest BCUT2D eigenvalue weighted by Gasteiger charge is 2.27. The average molecular weight is 396 g/mol. The van der Waals surface area contributed by atoms with Crippen LogP contribution in [0, 0.1) is 5.82 Å². The fourth-order valence-electron chi connectivity index (χ4n) is 3.52. The minimum atomic E-state index is -0.451. The van der Waals surface area contributed by atoms with Crippen LogP contribution in [0.25, 0.3) is 22.3 Å². The van der Waals surface area contributed by atoms with E-state index in [1.807, 2.05) is 4.90 Å². The van der Waals surface area contributed by atoms with E-state index in [1.54, 1.807) is 37.3 Å². The van der Waals surface area contributed by atoms with E-state index in [1.165, 1.54) is 12.1 Å². The lowest BCUT2D eigenvalue weighted by Crippen LogP contribution is -2.37. The number of nitrogens with zero attached hydrogens (tertiary/aromatic N) is 3. The van der Waals surface area contributed by atoms with Crippen LogP contribution in [0.15, 0.2) is 42.5 Å². The first-order valence-electron chi connectivity index (χ1n) is 9.49. The number of anilines is 1. The summed E-state index contributed by atoms with van der Waals surface area (Å²) >= 11 is 0. The Kier molecular flexibility index (Phi) is 5.16. The molecule has 2 aromatic carbocycles. The standard InChI is InChI=1S/C21H21FN4O3/c1-2-29-21(28)23-14-9-10-26(12-14)20-16-11-13(22)7-8-17(16)24-19(25-20)15-5-3-4-6-18(15)27/h3-8,11,14,27H,2,9-10,12H2,1H3,(H,23,28)/t14-/m1/s1. The first kappa shape index (κ1) is 18.9. The first-order chi connectivity index (χ1) is 14.0. The summed E-state index contributed by atoms with van der Waals surface area (Å²) in [7, 11) is 0. The van der Waals surface area contributed by atoms with Gasteiger partial charge in [-0.05, 0) is 43.7 Å². The predicted octanol–water partition coefficient (Wildman–Crippen LogP) is 3.47. The maximum absolute atomic E-state index is 13.9. The Balaban J connectivity index is 1.72. The highest BCUT2D eigenvalue weighted by molar-refractivity contribution is 5.91. The number of halogens is 1. The zero-order chi connectivity index (χ0) is 20.4. The lowest BCUT2D eigenvalue weighted by Gasteiger charge is -2.20. The molecule has 1 fully saturated rings. The van der Waals surface area contributed by atoms with Crippen LogP contribution >= 0.6 is 0 Å². The number of ether oxygens (including phenoxy) is 1. The molecule has 2 heterocycles. The highest BCUT2D eigenvalue weighted by Crippen LogP contribution is 2.33. The number of aromatic nitrogens is 2. The topological polar surface area (TPSA) is 87.6 Å². The van der Waals surface area contributed by atoms with Crippen LogP contribution in [0.1, 0.15) is 13.3 Å². The summed E-state index contributed by atoms with van der Waals surface area (Å²) in [5, 5.41) is 13.6. The minimum absolute atomic E-state index is 0.0724. The fraction of sp³-hybridized carbons (Fsp3) is 0.286. The number of para-hydroxylation sites is 1. The normalized spacial score (nSPS) is 16.2. The molecule has 4 rings (SSSR count). The van der Waals surface area contributed by atoms with Crippen LogP contribution < -0.4 is 10.2 Å². The molecule has 150 valence electrons. The zero-order valence-electron chi connectivity index (χ0n) is 15.9. The van der Waals surface area contributed by atoms with Gasteiger partial charge in [-0.1, -0.05) is 12.1 Å². The highest BCUT2D eigenvalue weighted by atomic mass is 19.1. The van der Waals surface area contributed by atoms with Crippen molar-refractivity contribution >= 4 is 22.8 Å². The molecule has 0 unspecified atom stereocenters. The van der Waals surface area contributed by atoms with E-state index < -0.39 is 6.09 Å². The Morgan fingerprint density at radius 1 is 1.31 bits per heavy atom. The molecule has 1 amide bonds. The van der Waals surface area contributed by atoms with Crippen LogP contribution in [-0.2, 0) is 4.74 Å². The van der Waals surface area contributed by atoms with Gasteiger partial charge in [0, 0.05) is 18.5 Å². The third kappa shape index (κ3) is 3.91. The number of phenolic OH excluding ortho intramolecular Hbond substituents is 1. The molecular weight excluding hydrogens is 375 g/mol. The van der Waals surface area contributed by atoms with Crippen LogP contribution in [-0.4, -0.2) is 46.9 Å². The second-order valence-electron chi connectivity index (χ2n) is 6.85. The van der Waals surface area contributed by atoms with E-state index >= 15 is 0 Å². The van der Waals surface area contributed by atoms with Crippen molar-refractivity contribution in [1.82, 2.24) is 15.3 Å². The number of hydrogen-bond acceptors (Lipinski definition) is 6. The minimum Gasteiger partial charge on any atom is -0.507 e. The van der Waals surface area contributed by atoms with E-state index in [4.69, 9.17) is 4.74 Å². The molecule has 0 aliphatic carbocycles. The Morgan fingerprint density at radius 3 is 2.93 bits per heavy atom. The first-order valence-corrected chi connectivity index (χ1v) is 9.49. The molecule has 2 N–H and O–H groups in total. The van der Waals surface area contributed by atoms with Crippen LogP contribution in [0.2, 0.25) is 0 Å². The molecule has 0 spiro atoms. The van der Waals surface area contributed by atoms with Gasteiger partial charge in [0.2, 0.25) is 0 Å². The molecule has 1 atom stereocenters. The van der Waals surface area contributed by atoms with E-state index in [9.17, 15) is 14.3 Å². The Hall–Kier alpha value is -3.42. The van der Waals surface area contributed by atoms with Crippen LogP contribution in [0.3, 0.4) is 0 Å². The maximum atomic E-state index is 13.9. The van der Waals surface area contributed by atoms with Gasteiger partial charge in [-0.25, -0.2) is 19.2 Å². The van der Waals surface area contributed by atoms with Crippen LogP contribution in [0.5, 0.6) is 5.75 Å². The lowest BCUT2D eigenvalue weighted by molar-refractivity contribution is 0.149. The summed E-state index contributed by atoms with van der Waals surface area (Å²) in [6.07, 6.45) is 0.263. The quantitative estimate of drug-likeness (QED) is 0.702. The number of rotatable bonds is 4. The van der Waals surface area contributed by atoms with Gasteiger partial charge in [0.05, 0.1) is 23.7 Å². The Bertz CT molecular complexity index is 1060. The number of benzene rings is 2. The van der Waals surface area contributed by atoms with Gasteiger partial charge in [-0.15, -0.1) is 0 Å². The number of hydrogen-bond donors (Lipinski definition) is 2. The Morgan fingerprint density at radius 2 is 2.14 bits per heavy atom. The summed E-state index contributed by atoms with van der Waals surface area (Å²) in [4.78, 5) is 22.9. The van der Waals surface area contributed by atoms with E-state index in [2.05, 4.69) is 15.3 Å². The number of alkyl carbamates (subject to hydrolysis) is 1. The van der Waals surface area contributed by atoms with Gasteiger partial charge in [-0.2, -0.15) is 0 Å². The molecule has 8 heteroatoms. The van der Waals surface area contributed by atoms with Crippen molar-refractivity contribution in [2.45, 2.75) is 19.4 Å². The number of phenols is 1. The molecule has 29 heavy (non-hydrogen) atoms. The van der Waals surface area contributed by atoms with Gasteiger partial charge in [-0.3, -0.25) is 0 Å². The number of carbonyl (C=O) groups excluding carboxylic acids is 1. The summed E-state index contributed by atoms with van der Waals surface area (Å²) in [6.45, 7) is 3.21. The molecule has 3 aromatic rings. The number of nitrogens with one attached hydrogen (secondary N) is 1. The van der Waals surface area contributed by atoms with Crippen molar-refractivity contribution in [2.75, 3.05) is 24.6 Å². The summed E-state index contributed by atoms with van der Waals surface area (Å²) in [5.41, 5.74) is 1.08. The number of amides is 1. The van der Waals surface area contributed by atoms with Gasteiger partial charge >= 0.3 is 6.09 Å². The fourth-order valence-corrected chi connectivity index (χ4v) is 3.52. The number of fused-ring (bicyclic) bond motifs is 1. The predicted molar refractivity (Wildman–Crippen MR) is 107 cm³/mol. The van der Waals surface area contributed by atoms with E-state index in [0.717, 1.165) is 0 Å². The van der Waals surface area contributed by atoms with Gasteiger partial charge < -0.3 is 20.1 Å².